The second kappa shape index (κ2) is 10.7. The summed E-state index contributed by atoms with van der Waals surface area (Å²) in [4.78, 5) is 48.7. The van der Waals surface area contributed by atoms with Crippen molar-refractivity contribution in [1.82, 2.24) is 4.90 Å². The Morgan fingerprint density at radius 2 is 2.03 bits per heavy atom. The van der Waals surface area contributed by atoms with Gasteiger partial charge in [0.2, 0.25) is 0 Å². The maximum absolute atomic E-state index is 13.3. The number of ether oxygens (including phenoxy) is 1. The Kier molecular flexibility index (Phi) is 7.81. The van der Waals surface area contributed by atoms with E-state index in [1.807, 2.05) is 19.1 Å². The molecule has 1 heterocycles. The van der Waals surface area contributed by atoms with Crippen LogP contribution in [0.5, 0.6) is 0 Å². The van der Waals surface area contributed by atoms with Crippen molar-refractivity contribution in [3.63, 3.8) is 0 Å². The third-order valence-corrected chi connectivity index (χ3v) is 5.81. The van der Waals surface area contributed by atoms with Crippen LogP contribution < -0.4 is 0 Å². The van der Waals surface area contributed by atoms with Gasteiger partial charge in [0.25, 0.3) is 5.91 Å². The van der Waals surface area contributed by atoms with Crippen LogP contribution in [0.15, 0.2) is 68.4 Å². The molecule has 0 unspecified atom stereocenters. The van der Waals surface area contributed by atoms with Gasteiger partial charge in [-0.3, -0.25) is 9.59 Å². The molecule has 1 atom stereocenters. The molecular formula is C23H27N3O5. The van der Waals surface area contributed by atoms with Crippen LogP contribution >= 0.6 is 0 Å². The summed E-state index contributed by atoms with van der Waals surface area (Å²) in [6, 6.07) is -0.177. The van der Waals surface area contributed by atoms with E-state index in [0.29, 0.717) is 36.2 Å². The molecule has 3 aliphatic rings. The average Bonchev–Trinajstić information content (AvgIpc) is 2.95. The molecule has 31 heavy (non-hydrogen) atoms. The number of likely N-dealkylation sites (tertiary alicyclic amines) is 1. The van der Waals surface area contributed by atoms with Gasteiger partial charge in [-0.15, -0.1) is 4.91 Å². The van der Waals surface area contributed by atoms with Gasteiger partial charge < -0.3 is 9.64 Å². The molecule has 0 aromatic heterocycles. The van der Waals surface area contributed by atoms with E-state index in [-0.39, 0.29) is 36.4 Å². The van der Waals surface area contributed by atoms with Crippen molar-refractivity contribution in [3.05, 3.63) is 67.9 Å². The molecule has 1 amide bonds. The Balaban J connectivity index is 1.77. The minimum atomic E-state index is -0.177. The highest BCUT2D eigenvalue weighted by Gasteiger charge is 2.31. The number of carbonyl (C=O) groups is 2. The fourth-order valence-electron chi connectivity index (χ4n) is 4.15. The van der Waals surface area contributed by atoms with Gasteiger partial charge in [-0.25, -0.2) is 0 Å². The van der Waals surface area contributed by atoms with Crippen molar-refractivity contribution in [1.29, 1.82) is 0 Å². The van der Waals surface area contributed by atoms with Crippen LogP contribution in [0, 0.1) is 9.81 Å². The Morgan fingerprint density at radius 3 is 2.77 bits per heavy atom. The van der Waals surface area contributed by atoms with Crippen molar-refractivity contribution < 1.29 is 14.3 Å². The lowest BCUT2D eigenvalue weighted by atomic mass is 9.94. The first-order chi connectivity index (χ1) is 15.1. The van der Waals surface area contributed by atoms with Crippen molar-refractivity contribution in [2.75, 3.05) is 19.7 Å². The molecule has 164 valence electrons. The summed E-state index contributed by atoms with van der Waals surface area (Å²) >= 11 is 0. The number of hydrogen-bond donors (Lipinski definition) is 0. The molecule has 8 heteroatoms. The molecular weight excluding hydrogens is 398 g/mol. The highest BCUT2D eigenvalue weighted by Crippen LogP contribution is 2.28. The molecule has 0 bridgehead atoms. The molecule has 0 aromatic rings. The van der Waals surface area contributed by atoms with Gasteiger partial charge >= 0.3 is 0 Å². The third kappa shape index (κ3) is 5.31. The van der Waals surface area contributed by atoms with E-state index in [9.17, 15) is 19.4 Å². The van der Waals surface area contributed by atoms with Crippen molar-refractivity contribution in [2.45, 2.75) is 51.5 Å². The standard InChI is InChI=1S/C23H27N3O5/c1-16-9-10-22(20(14-27)21(12-16)25-30)31-15-18-7-4-5-11-26(18)23(28)19-8-3-2-6-17(19)13-24-29/h6,8-10,14,18H,2-5,7,11-13,15H2,1H3/t18-/m0/s1. The minimum Gasteiger partial charge on any atom is -0.491 e. The third-order valence-electron chi connectivity index (χ3n) is 5.81. The second-order valence-electron chi connectivity index (χ2n) is 7.96. The monoisotopic (exact) mass is 425 g/mol. The summed E-state index contributed by atoms with van der Waals surface area (Å²) in [5, 5.41) is 5.97. The molecule has 0 N–H and O–H groups in total. The number of nitrogens with zero attached hydrogens (tertiary/aromatic N) is 3. The summed E-state index contributed by atoms with van der Waals surface area (Å²) in [5.74, 6) is 0.178. The van der Waals surface area contributed by atoms with Gasteiger partial charge in [0.15, 0.2) is 6.29 Å². The Hall–Kier alpha value is -3.16. The smallest absolute Gasteiger partial charge is 0.254 e. The summed E-state index contributed by atoms with van der Waals surface area (Å²) in [7, 11) is 0. The van der Waals surface area contributed by atoms with Gasteiger partial charge in [-0.05, 0) is 55.9 Å². The van der Waals surface area contributed by atoms with Crippen LogP contribution in [-0.2, 0) is 14.3 Å². The van der Waals surface area contributed by atoms with E-state index in [1.165, 1.54) is 0 Å². The topological polar surface area (TPSA) is 105 Å². The van der Waals surface area contributed by atoms with Crippen molar-refractivity contribution in [2.24, 2.45) is 10.4 Å². The van der Waals surface area contributed by atoms with E-state index in [0.717, 1.165) is 37.7 Å². The maximum atomic E-state index is 13.3. The first kappa shape index (κ1) is 22.5. The van der Waals surface area contributed by atoms with Crippen LogP contribution in [0.4, 0.5) is 0 Å². The molecule has 8 nitrogen and oxygen atoms in total. The van der Waals surface area contributed by atoms with Gasteiger partial charge in [0.1, 0.15) is 24.6 Å². The number of amides is 1. The van der Waals surface area contributed by atoms with Crippen LogP contribution in [0.25, 0.3) is 0 Å². The van der Waals surface area contributed by atoms with E-state index < -0.39 is 0 Å². The summed E-state index contributed by atoms with van der Waals surface area (Å²) in [6.07, 6.45) is 12.3. The molecule has 1 aliphatic heterocycles. The van der Waals surface area contributed by atoms with Crippen molar-refractivity contribution >= 4 is 12.2 Å². The number of nitroso groups, excluding NO2 is 2. The van der Waals surface area contributed by atoms with Gasteiger partial charge in [0, 0.05) is 18.5 Å². The molecule has 2 aliphatic carbocycles. The lowest BCUT2D eigenvalue weighted by Gasteiger charge is -2.36. The van der Waals surface area contributed by atoms with Crippen LogP contribution in [0.1, 0.15) is 45.4 Å². The van der Waals surface area contributed by atoms with E-state index in [4.69, 9.17) is 4.74 Å². The molecule has 1 saturated heterocycles. The average molecular weight is 425 g/mol. The molecule has 0 radical (unpaired) electrons. The first-order valence-corrected chi connectivity index (χ1v) is 10.6. The molecule has 3 rings (SSSR count). The fourth-order valence-corrected chi connectivity index (χ4v) is 4.15. The van der Waals surface area contributed by atoms with Crippen LogP contribution in [0.2, 0.25) is 0 Å². The molecule has 0 saturated carbocycles. The van der Waals surface area contributed by atoms with E-state index in [2.05, 4.69) is 10.4 Å². The molecule has 0 spiro atoms. The second-order valence-corrected chi connectivity index (χ2v) is 7.96. The summed E-state index contributed by atoms with van der Waals surface area (Å²) < 4.78 is 5.96. The van der Waals surface area contributed by atoms with Gasteiger partial charge in [-0.2, -0.15) is 4.91 Å². The lowest BCUT2D eigenvalue weighted by Crippen LogP contribution is -2.47. The number of aldehydes is 1. The Morgan fingerprint density at radius 1 is 1.23 bits per heavy atom. The Labute approximate surface area is 181 Å². The SMILES string of the molecule is CC1=CC=C(OC[C@@H]2CCCCN2C(=O)C2=CCCC=C2CN=O)C(C=O)=C(N=O)C1. The predicted molar refractivity (Wildman–Crippen MR) is 117 cm³/mol. The highest BCUT2D eigenvalue weighted by atomic mass is 16.5. The largest absolute Gasteiger partial charge is 0.491 e. The zero-order chi connectivity index (χ0) is 22.2. The maximum Gasteiger partial charge on any atom is 0.254 e. The molecule has 0 aromatic carbocycles. The zero-order valence-electron chi connectivity index (χ0n) is 17.7. The first-order valence-electron chi connectivity index (χ1n) is 10.6. The van der Waals surface area contributed by atoms with Crippen molar-refractivity contribution in [3.8, 4) is 0 Å². The normalized spacial score (nSPS) is 21.8. The quantitative estimate of drug-likeness (QED) is 0.427. The number of piperidine rings is 1. The lowest BCUT2D eigenvalue weighted by molar-refractivity contribution is -0.131. The minimum absolute atomic E-state index is 0.0138. The van der Waals surface area contributed by atoms with Crippen LogP contribution in [0.3, 0.4) is 0 Å². The highest BCUT2D eigenvalue weighted by molar-refractivity contribution is 5.98. The number of hydrogen-bond acceptors (Lipinski definition) is 7. The van der Waals surface area contributed by atoms with Gasteiger partial charge in [-0.1, -0.05) is 29.0 Å². The number of rotatable bonds is 8. The summed E-state index contributed by atoms with van der Waals surface area (Å²) in [6.45, 7) is 2.64. The zero-order valence-corrected chi connectivity index (χ0v) is 17.7. The fraction of sp³-hybridized carbons (Fsp3) is 0.478. The Bertz CT molecular complexity index is 910. The predicted octanol–water partition coefficient (Wildman–Crippen LogP) is 4.25. The summed E-state index contributed by atoms with van der Waals surface area (Å²) in [5.41, 5.74) is 2.42. The van der Waals surface area contributed by atoms with E-state index >= 15 is 0 Å². The molecule has 1 fully saturated rings. The number of carbonyl (C=O) groups excluding carboxylic acids is 2. The van der Waals surface area contributed by atoms with Gasteiger partial charge in [0.05, 0.1) is 11.6 Å². The van der Waals surface area contributed by atoms with Crippen LogP contribution in [-0.4, -0.2) is 42.8 Å². The van der Waals surface area contributed by atoms with E-state index in [1.54, 1.807) is 17.1 Å². The number of allylic oxidation sites excluding steroid dienone is 6.